The number of carbonyl (C=O) groups is 1. The largest absolute Gasteiger partial charge is 0.489 e. The Labute approximate surface area is 165 Å². The van der Waals surface area contributed by atoms with Crippen LogP contribution in [0, 0.1) is 13.8 Å². The molecule has 2 aromatic carbocycles. The molecule has 0 fully saturated rings. The van der Waals surface area contributed by atoms with Crippen molar-refractivity contribution in [3.63, 3.8) is 0 Å². The summed E-state index contributed by atoms with van der Waals surface area (Å²) in [7, 11) is 0. The summed E-state index contributed by atoms with van der Waals surface area (Å²) in [6.07, 6.45) is 3.05. The topological polar surface area (TPSA) is 76.1 Å². The van der Waals surface area contributed by atoms with Gasteiger partial charge in [0, 0.05) is 5.69 Å². The molecule has 0 spiro atoms. The van der Waals surface area contributed by atoms with Crippen molar-refractivity contribution in [2.45, 2.75) is 33.8 Å². The van der Waals surface area contributed by atoms with Crippen LogP contribution in [0.1, 0.15) is 35.5 Å². The highest BCUT2D eigenvalue weighted by molar-refractivity contribution is 6.03. The first-order valence-electron chi connectivity index (χ1n) is 9.16. The summed E-state index contributed by atoms with van der Waals surface area (Å²) in [5.74, 6) is 0.968. The van der Waals surface area contributed by atoms with Gasteiger partial charge in [-0.15, -0.1) is 0 Å². The maximum absolute atomic E-state index is 12.5. The van der Waals surface area contributed by atoms with Gasteiger partial charge in [0.25, 0.3) is 5.91 Å². The fourth-order valence-electron chi connectivity index (χ4n) is 2.65. The minimum absolute atomic E-state index is 0.0604. The van der Waals surface area contributed by atoms with E-state index in [1.54, 1.807) is 0 Å². The monoisotopic (exact) mass is 376 g/mol. The average molecular weight is 376 g/mol. The molecule has 1 aromatic heterocycles. The van der Waals surface area contributed by atoms with Gasteiger partial charge in [0.05, 0.1) is 24.2 Å². The second-order valence-electron chi connectivity index (χ2n) is 6.78. The maximum atomic E-state index is 12.5. The van der Waals surface area contributed by atoms with E-state index in [-0.39, 0.29) is 17.7 Å². The van der Waals surface area contributed by atoms with Crippen molar-refractivity contribution in [2.75, 3.05) is 10.6 Å². The zero-order chi connectivity index (χ0) is 20.1. The van der Waals surface area contributed by atoms with Crippen LogP contribution in [0.5, 0.6) is 5.75 Å². The second-order valence-corrected chi connectivity index (χ2v) is 6.78. The van der Waals surface area contributed by atoms with Gasteiger partial charge in [0.15, 0.2) is 0 Å². The molecule has 0 atom stereocenters. The number of hydrogen-bond donors (Lipinski definition) is 2. The second kappa shape index (κ2) is 8.52. The quantitative estimate of drug-likeness (QED) is 0.641. The highest BCUT2D eigenvalue weighted by Gasteiger charge is 2.11. The molecule has 0 aliphatic rings. The van der Waals surface area contributed by atoms with Gasteiger partial charge in [-0.3, -0.25) is 4.79 Å². The SMILES string of the molecule is Cc1cccc(NC(=O)c2cnc(Nc3ccccc3OC(C)C)cn2)c1C. The van der Waals surface area contributed by atoms with Crippen LogP contribution in [-0.4, -0.2) is 22.0 Å². The van der Waals surface area contributed by atoms with E-state index >= 15 is 0 Å². The lowest BCUT2D eigenvalue weighted by atomic mass is 10.1. The molecule has 0 bridgehead atoms. The minimum atomic E-state index is -0.295. The summed E-state index contributed by atoms with van der Waals surface area (Å²) in [5.41, 5.74) is 3.96. The number of amides is 1. The molecule has 2 N–H and O–H groups in total. The first-order chi connectivity index (χ1) is 13.4. The van der Waals surface area contributed by atoms with Gasteiger partial charge in [-0.1, -0.05) is 24.3 Å². The molecule has 144 valence electrons. The van der Waals surface area contributed by atoms with Crippen LogP contribution in [0.3, 0.4) is 0 Å². The molecule has 1 amide bonds. The molecule has 0 aliphatic heterocycles. The third-order valence-corrected chi connectivity index (χ3v) is 4.25. The van der Waals surface area contributed by atoms with Gasteiger partial charge >= 0.3 is 0 Å². The Hall–Kier alpha value is -3.41. The normalized spacial score (nSPS) is 10.6. The zero-order valence-corrected chi connectivity index (χ0v) is 16.5. The van der Waals surface area contributed by atoms with Crippen LogP contribution < -0.4 is 15.4 Å². The molecule has 0 unspecified atom stereocenters. The fourth-order valence-corrected chi connectivity index (χ4v) is 2.65. The number of nitrogens with one attached hydrogen (secondary N) is 2. The van der Waals surface area contributed by atoms with Gasteiger partial charge in [0.1, 0.15) is 17.3 Å². The number of anilines is 3. The average Bonchev–Trinajstić information content (AvgIpc) is 2.67. The Kier molecular flexibility index (Phi) is 5.89. The molecule has 0 radical (unpaired) electrons. The van der Waals surface area contributed by atoms with Crippen LogP contribution >= 0.6 is 0 Å². The summed E-state index contributed by atoms with van der Waals surface area (Å²) < 4.78 is 5.79. The molecule has 6 nitrogen and oxygen atoms in total. The molecule has 1 heterocycles. The number of rotatable bonds is 6. The van der Waals surface area contributed by atoms with Crippen LogP contribution in [0.4, 0.5) is 17.2 Å². The maximum Gasteiger partial charge on any atom is 0.275 e. The first-order valence-corrected chi connectivity index (χ1v) is 9.16. The van der Waals surface area contributed by atoms with Crippen molar-refractivity contribution >= 4 is 23.1 Å². The molecular formula is C22H24N4O2. The van der Waals surface area contributed by atoms with Crippen LogP contribution in [0.15, 0.2) is 54.9 Å². The molecule has 3 rings (SSSR count). The van der Waals surface area contributed by atoms with Crippen molar-refractivity contribution < 1.29 is 9.53 Å². The van der Waals surface area contributed by atoms with Crippen molar-refractivity contribution in [2.24, 2.45) is 0 Å². The number of aryl methyl sites for hydroxylation is 1. The summed E-state index contributed by atoms with van der Waals surface area (Å²) in [5, 5.41) is 6.07. The van der Waals surface area contributed by atoms with E-state index in [1.807, 2.05) is 70.2 Å². The minimum Gasteiger partial charge on any atom is -0.489 e. The third kappa shape index (κ3) is 4.65. The molecule has 0 aliphatic carbocycles. The molecular weight excluding hydrogens is 352 g/mol. The number of nitrogens with zero attached hydrogens (tertiary/aromatic N) is 2. The molecule has 0 saturated heterocycles. The van der Waals surface area contributed by atoms with Crippen LogP contribution in [-0.2, 0) is 0 Å². The lowest BCUT2D eigenvalue weighted by Gasteiger charge is -2.15. The van der Waals surface area contributed by atoms with E-state index < -0.39 is 0 Å². The number of carbonyl (C=O) groups excluding carboxylic acids is 1. The molecule has 6 heteroatoms. The Morgan fingerprint density at radius 2 is 1.71 bits per heavy atom. The van der Waals surface area contributed by atoms with E-state index in [0.717, 1.165) is 28.3 Å². The predicted octanol–water partition coefficient (Wildman–Crippen LogP) is 4.88. The molecule has 28 heavy (non-hydrogen) atoms. The smallest absolute Gasteiger partial charge is 0.275 e. The summed E-state index contributed by atoms with van der Waals surface area (Å²) in [6, 6.07) is 13.4. The van der Waals surface area contributed by atoms with E-state index in [1.165, 1.54) is 12.4 Å². The molecule has 0 saturated carbocycles. The highest BCUT2D eigenvalue weighted by Crippen LogP contribution is 2.27. The van der Waals surface area contributed by atoms with E-state index in [0.29, 0.717) is 5.82 Å². The summed E-state index contributed by atoms with van der Waals surface area (Å²) in [6.45, 7) is 7.92. The number of hydrogen-bond acceptors (Lipinski definition) is 5. The van der Waals surface area contributed by atoms with Crippen molar-refractivity contribution in [3.8, 4) is 5.75 Å². The fraction of sp³-hybridized carbons (Fsp3) is 0.227. The number of aromatic nitrogens is 2. The van der Waals surface area contributed by atoms with Gasteiger partial charge in [-0.2, -0.15) is 0 Å². The summed E-state index contributed by atoms with van der Waals surface area (Å²) >= 11 is 0. The van der Waals surface area contributed by atoms with E-state index in [9.17, 15) is 4.79 Å². The zero-order valence-electron chi connectivity index (χ0n) is 16.5. The Bertz CT molecular complexity index is 969. The number of para-hydroxylation sites is 2. The Balaban J connectivity index is 1.72. The van der Waals surface area contributed by atoms with E-state index in [2.05, 4.69) is 20.6 Å². The predicted molar refractivity (Wildman–Crippen MR) is 111 cm³/mol. The van der Waals surface area contributed by atoms with Gasteiger partial charge in [-0.05, 0) is 57.0 Å². The standard InChI is InChI=1S/C22H24N4O2/c1-14(2)28-20-11-6-5-9-18(20)25-21-13-23-19(12-24-21)22(27)26-17-10-7-8-15(3)16(17)4/h5-14H,1-4H3,(H,24,25)(H,26,27). The first kappa shape index (κ1) is 19.4. The summed E-state index contributed by atoms with van der Waals surface area (Å²) in [4.78, 5) is 21.0. The third-order valence-electron chi connectivity index (χ3n) is 4.25. The lowest BCUT2D eigenvalue weighted by molar-refractivity contribution is 0.102. The highest BCUT2D eigenvalue weighted by atomic mass is 16.5. The number of benzene rings is 2. The van der Waals surface area contributed by atoms with E-state index in [4.69, 9.17) is 4.74 Å². The van der Waals surface area contributed by atoms with Gasteiger partial charge < -0.3 is 15.4 Å². The van der Waals surface area contributed by atoms with Gasteiger partial charge in [-0.25, -0.2) is 9.97 Å². The Morgan fingerprint density at radius 3 is 2.43 bits per heavy atom. The van der Waals surface area contributed by atoms with Gasteiger partial charge in [0.2, 0.25) is 0 Å². The van der Waals surface area contributed by atoms with Crippen molar-refractivity contribution in [1.82, 2.24) is 9.97 Å². The van der Waals surface area contributed by atoms with Crippen molar-refractivity contribution in [3.05, 3.63) is 71.7 Å². The van der Waals surface area contributed by atoms with Crippen LogP contribution in [0.25, 0.3) is 0 Å². The number of ether oxygens (including phenoxy) is 1. The Morgan fingerprint density at radius 1 is 0.964 bits per heavy atom. The van der Waals surface area contributed by atoms with Crippen LogP contribution in [0.2, 0.25) is 0 Å². The lowest BCUT2D eigenvalue weighted by Crippen LogP contribution is -2.15. The van der Waals surface area contributed by atoms with Crippen molar-refractivity contribution in [1.29, 1.82) is 0 Å². The molecule has 3 aromatic rings.